The Balaban J connectivity index is 2.05. The number of aliphatic hydroxyl groups excluding tert-OH is 1. The van der Waals surface area contributed by atoms with Crippen LogP contribution in [0, 0.1) is 0 Å². The smallest absolute Gasteiger partial charge is 0.161 e. The zero-order valence-corrected chi connectivity index (χ0v) is 10.2. The van der Waals surface area contributed by atoms with E-state index < -0.39 is 21.2 Å². The number of sulfone groups is 1. The lowest BCUT2D eigenvalue weighted by Crippen LogP contribution is -2.20. The molecule has 7 heteroatoms. The Morgan fingerprint density at radius 1 is 1.18 bits per heavy atom. The number of aliphatic hydroxyl groups is 1. The third-order valence-corrected chi connectivity index (χ3v) is 5.75. The summed E-state index contributed by atoms with van der Waals surface area (Å²) in [5, 5.41) is 17.2. The van der Waals surface area contributed by atoms with Gasteiger partial charge in [0.2, 0.25) is 0 Å². The summed E-state index contributed by atoms with van der Waals surface area (Å²) in [5.41, 5.74) is 0. The molecule has 0 radical (unpaired) electrons. The molecule has 3 heterocycles. The van der Waals surface area contributed by atoms with Gasteiger partial charge in [-0.25, -0.2) is 8.42 Å². The first-order chi connectivity index (χ1) is 8.09. The van der Waals surface area contributed by atoms with Crippen LogP contribution in [0.15, 0.2) is 0 Å². The molecule has 0 bridgehead atoms. The summed E-state index contributed by atoms with van der Waals surface area (Å²) in [6, 6.07) is 0. The minimum Gasteiger partial charge on any atom is -0.385 e. The van der Waals surface area contributed by atoms with Crippen LogP contribution in [0.4, 0.5) is 0 Å². The minimum absolute atomic E-state index is 0.239. The van der Waals surface area contributed by atoms with Crippen LogP contribution in [-0.4, -0.2) is 34.0 Å². The maximum atomic E-state index is 11.9. The summed E-state index contributed by atoms with van der Waals surface area (Å²) in [5.74, 6) is 1.28. The molecule has 0 aliphatic carbocycles. The standard InChI is InChI=1S/C10H15N3O3S/c14-7-3-1-5-13-9(7)11-12-10(13)8-4-2-6-17(8,15)16/h7-8,14H,1-6H2. The van der Waals surface area contributed by atoms with E-state index in [9.17, 15) is 13.5 Å². The highest BCUT2D eigenvalue weighted by Crippen LogP contribution is 2.36. The first-order valence-electron chi connectivity index (χ1n) is 5.92. The van der Waals surface area contributed by atoms with E-state index in [-0.39, 0.29) is 5.75 Å². The maximum Gasteiger partial charge on any atom is 0.161 e. The molecule has 2 aliphatic heterocycles. The van der Waals surface area contributed by atoms with E-state index in [1.54, 1.807) is 4.57 Å². The van der Waals surface area contributed by atoms with Crippen LogP contribution >= 0.6 is 0 Å². The summed E-state index contributed by atoms with van der Waals surface area (Å²) in [4.78, 5) is 0. The molecule has 0 aromatic carbocycles. The molecule has 0 amide bonds. The maximum absolute atomic E-state index is 11.9. The van der Waals surface area contributed by atoms with Crippen molar-refractivity contribution in [2.24, 2.45) is 0 Å². The van der Waals surface area contributed by atoms with E-state index in [2.05, 4.69) is 10.2 Å². The highest BCUT2D eigenvalue weighted by Gasteiger charge is 2.38. The van der Waals surface area contributed by atoms with Crippen LogP contribution in [0.1, 0.15) is 48.7 Å². The number of nitrogens with zero attached hydrogens (tertiary/aromatic N) is 3. The molecule has 6 nitrogen and oxygen atoms in total. The molecule has 1 fully saturated rings. The highest BCUT2D eigenvalue weighted by molar-refractivity contribution is 7.91. The van der Waals surface area contributed by atoms with E-state index in [1.165, 1.54) is 0 Å². The molecule has 0 saturated carbocycles. The molecule has 94 valence electrons. The Labute approximate surface area is 99.6 Å². The molecule has 17 heavy (non-hydrogen) atoms. The van der Waals surface area contributed by atoms with Crippen molar-refractivity contribution < 1.29 is 13.5 Å². The summed E-state index contributed by atoms with van der Waals surface area (Å²) < 4.78 is 25.6. The van der Waals surface area contributed by atoms with E-state index in [4.69, 9.17) is 0 Å². The van der Waals surface area contributed by atoms with Gasteiger partial charge in [-0.2, -0.15) is 0 Å². The fourth-order valence-corrected chi connectivity index (χ4v) is 4.57. The van der Waals surface area contributed by atoms with Gasteiger partial charge < -0.3 is 9.67 Å². The van der Waals surface area contributed by atoms with Gasteiger partial charge in [-0.15, -0.1) is 10.2 Å². The first-order valence-corrected chi connectivity index (χ1v) is 7.64. The molecule has 1 aromatic rings. The average molecular weight is 257 g/mol. The lowest BCUT2D eigenvalue weighted by molar-refractivity contribution is 0.133. The van der Waals surface area contributed by atoms with Crippen LogP contribution in [0.3, 0.4) is 0 Å². The first kappa shape index (κ1) is 11.2. The van der Waals surface area contributed by atoms with E-state index in [1.807, 2.05) is 0 Å². The van der Waals surface area contributed by atoms with Gasteiger partial charge in [0.05, 0.1) is 5.75 Å². The molecule has 1 saturated heterocycles. The molecule has 2 unspecified atom stereocenters. The van der Waals surface area contributed by atoms with Crippen LogP contribution in [0.5, 0.6) is 0 Å². The van der Waals surface area contributed by atoms with Crippen molar-refractivity contribution in [2.45, 2.75) is 43.6 Å². The predicted octanol–water partition coefficient (Wildman–Crippen LogP) is 0.355. The van der Waals surface area contributed by atoms with Gasteiger partial charge in [-0.05, 0) is 25.7 Å². The van der Waals surface area contributed by atoms with Crippen LogP contribution in [-0.2, 0) is 16.4 Å². The van der Waals surface area contributed by atoms with Crippen molar-refractivity contribution in [1.29, 1.82) is 0 Å². The summed E-state index contributed by atoms with van der Waals surface area (Å²) in [7, 11) is -3.07. The largest absolute Gasteiger partial charge is 0.385 e. The number of rotatable bonds is 1. The second-order valence-corrected chi connectivity index (χ2v) is 7.03. The fraction of sp³-hybridized carbons (Fsp3) is 0.800. The lowest BCUT2D eigenvalue weighted by atomic mass is 10.1. The summed E-state index contributed by atoms with van der Waals surface area (Å²) in [6.07, 6.45) is 2.23. The monoisotopic (exact) mass is 257 g/mol. The molecule has 1 aromatic heterocycles. The Kier molecular flexibility index (Phi) is 2.48. The SMILES string of the molecule is O=S1(=O)CCCC1c1nnc2n1CCCC2O. The Hall–Kier alpha value is -0.950. The van der Waals surface area contributed by atoms with Crippen LogP contribution in [0.2, 0.25) is 0 Å². The average Bonchev–Trinajstić information content (AvgIpc) is 2.82. The van der Waals surface area contributed by atoms with Gasteiger partial charge in [0.25, 0.3) is 0 Å². The molecular weight excluding hydrogens is 242 g/mol. The quantitative estimate of drug-likeness (QED) is 0.785. The normalized spacial score (nSPS) is 31.4. The van der Waals surface area contributed by atoms with Crippen LogP contribution < -0.4 is 0 Å². The van der Waals surface area contributed by atoms with Gasteiger partial charge in [0, 0.05) is 6.54 Å². The lowest BCUT2D eigenvalue weighted by Gasteiger charge is -2.20. The van der Waals surface area contributed by atoms with Gasteiger partial charge in [-0.1, -0.05) is 0 Å². The second kappa shape index (κ2) is 3.78. The zero-order chi connectivity index (χ0) is 12.0. The van der Waals surface area contributed by atoms with Crippen molar-refractivity contribution in [1.82, 2.24) is 14.8 Å². The Morgan fingerprint density at radius 2 is 1.94 bits per heavy atom. The van der Waals surface area contributed by atoms with Gasteiger partial charge >= 0.3 is 0 Å². The summed E-state index contributed by atoms with van der Waals surface area (Å²) in [6.45, 7) is 0.709. The van der Waals surface area contributed by atoms with Gasteiger partial charge in [-0.3, -0.25) is 0 Å². The predicted molar refractivity (Wildman–Crippen MR) is 60.0 cm³/mol. The van der Waals surface area contributed by atoms with Crippen LogP contribution in [0.25, 0.3) is 0 Å². The minimum atomic E-state index is -3.07. The summed E-state index contributed by atoms with van der Waals surface area (Å²) >= 11 is 0. The zero-order valence-electron chi connectivity index (χ0n) is 9.41. The fourth-order valence-electron chi connectivity index (χ4n) is 2.69. The molecule has 2 aliphatic rings. The van der Waals surface area contributed by atoms with E-state index in [0.29, 0.717) is 37.5 Å². The third-order valence-electron chi connectivity index (χ3n) is 3.58. The molecule has 1 N–H and O–H groups in total. The number of fused-ring (bicyclic) bond motifs is 1. The van der Waals surface area contributed by atoms with Crippen molar-refractivity contribution in [2.75, 3.05) is 5.75 Å². The number of aromatic nitrogens is 3. The van der Waals surface area contributed by atoms with Crippen molar-refractivity contribution in [3.8, 4) is 0 Å². The number of hydrogen-bond acceptors (Lipinski definition) is 5. The Bertz CT molecular complexity index is 537. The van der Waals surface area contributed by atoms with Gasteiger partial charge in [0.1, 0.15) is 11.4 Å². The second-order valence-electron chi connectivity index (χ2n) is 4.72. The van der Waals surface area contributed by atoms with Crippen molar-refractivity contribution >= 4 is 9.84 Å². The molecular formula is C10H15N3O3S. The topological polar surface area (TPSA) is 85.1 Å². The molecule has 2 atom stereocenters. The van der Waals surface area contributed by atoms with Crippen molar-refractivity contribution in [3.05, 3.63) is 11.6 Å². The number of hydrogen-bond donors (Lipinski definition) is 1. The molecule has 3 rings (SSSR count). The van der Waals surface area contributed by atoms with E-state index in [0.717, 1.165) is 6.42 Å². The van der Waals surface area contributed by atoms with Crippen molar-refractivity contribution in [3.63, 3.8) is 0 Å². The van der Waals surface area contributed by atoms with Gasteiger partial charge in [0.15, 0.2) is 21.5 Å². The molecule has 0 spiro atoms. The van der Waals surface area contributed by atoms with E-state index >= 15 is 0 Å². The Morgan fingerprint density at radius 3 is 2.65 bits per heavy atom. The highest BCUT2D eigenvalue weighted by atomic mass is 32.2. The third kappa shape index (κ3) is 1.68.